The molecule has 2 heteroatoms. The second-order valence-corrected chi connectivity index (χ2v) is 3.19. The lowest BCUT2D eigenvalue weighted by Gasteiger charge is -1.93. The Morgan fingerprint density at radius 3 is 2.46 bits per heavy atom. The van der Waals surface area contributed by atoms with Crippen LogP contribution in [0.5, 0.6) is 0 Å². The van der Waals surface area contributed by atoms with Crippen molar-refractivity contribution in [1.82, 2.24) is 0 Å². The van der Waals surface area contributed by atoms with E-state index in [1.165, 1.54) is 6.42 Å². The van der Waals surface area contributed by atoms with Gasteiger partial charge in [-0.05, 0) is 19.3 Å². The number of nitrogens with zero attached hydrogens (tertiary/aromatic N) is 1. The molecule has 0 aliphatic heterocycles. The number of ether oxygens (including phenoxy) is 1. The van der Waals surface area contributed by atoms with Crippen molar-refractivity contribution in [3.05, 3.63) is 4.85 Å². The Balaban J connectivity index is 3.37. The average Bonchev–Trinajstić information content (AvgIpc) is 2.17. The predicted octanol–water partition coefficient (Wildman–Crippen LogP) is 3.53. The van der Waals surface area contributed by atoms with E-state index >= 15 is 0 Å². The van der Waals surface area contributed by atoms with Crippen LogP contribution in [0.15, 0.2) is 0 Å². The number of rotatable bonds is 6. The summed E-state index contributed by atoms with van der Waals surface area (Å²) in [5, 5.41) is 0. The van der Waals surface area contributed by atoms with Gasteiger partial charge in [0.05, 0.1) is 12.5 Å². The predicted molar refractivity (Wildman–Crippen MR) is 57.0 cm³/mol. The molecule has 0 saturated carbocycles. The molecule has 0 amide bonds. The highest BCUT2D eigenvalue weighted by Gasteiger charge is 2.04. The van der Waals surface area contributed by atoms with Crippen LogP contribution in [-0.2, 0) is 4.74 Å². The topological polar surface area (TPSA) is 13.6 Å². The summed E-state index contributed by atoms with van der Waals surface area (Å²) in [7, 11) is 0. The van der Waals surface area contributed by atoms with Gasteiger partial charge in [0, 0.05) is 0 Å². The first-order valence-corrected chi connectivity index (χ1v) is 5.34. The van der Waals surface area contributed by atoms with Gasteiger partial charge < -0.3 is 4.74 Å². The summed E-state index contributed by atoms with van der Waals surface area (Å²) in [5.41, 5.74) is 0. The van der Waals surface area contributed by atoms with Crippen LogP contribution in [0.3, 0.4) is 0 Å². The first-order valence-electron chi connectivity index (χ1n) is 5.34. The van der Waals surface area contributed by atoms with E-state index in [0.717, 1.165) is 25.9 Å². The van der Waals surface area contributed by atoms with E-state index < -0.39 is 0 Å². The van der Waals surface area contributed by atoms with E-state index in [0.29, 0.717) is 12.6 Å². The Labute approximate surface area is 82.1 Å². The lowest BCUT2D eigenvalue weighted by atomic mass is 10.1. The molecule has 76 valence electrons. The first-order chi connectivity index (χ1) is 6.35. The van der Waals surface area contributed by atoms with Crippen molar-refractivity contribution in [1.29, 1.82) is 0 Å². The molecule has 0 aromatic carbocycles. The number of hydrogen-bond donors (Lipinski definition) is 0. The highest BCUT2D eigenvalue weighted by molar-refractivity contribution is 4.91. The van der Waals surface area contributed by atoms with Crippen molar-refractivity contribution in [3.63, 3.8) is 0 Å². The van der Waals surface area contributed by atoms with E-state index in [2.05, 4.69) is 31.7 Å². The van der Waals surface area contributed by atoms with Crippen LogP contribution in [0.25, 0.3) is 4.85 Å². The van der Waals surface area contributed by atoms with Gasteiger partial charge in [0.25, 0.3) is 6.07 Å². The van der Waals surface area contributed by atoms with Crippen LogP contribution < -0.4 is 0 Å². The third-order valence-corrected chi connectivity index (χ3v) is 2.06. The summed E-state index contributed by atoms with van der Waals surface area (Å²) in [4.78, 5) is 4.11. The third kappa shape index (κ3) is 7.80. The second-order valence-electron chi connectivity index (χ2n) is 3.19. The van der Waals surface area contributed by atoms with Gasteiger partial charge in [0.2, 0.25) is 0 Å². The Hall–Kier alpha value is -0.550. The highest BCUT2D eigenvalue weighted by Crippen LogP contribution is 2.04. The quantitative estimate of drug-likeness (QED) is 0.576. The molecule has 0 saturated heterocycles. The fourth-order valence-corrected chi connectivity index (χ4v) is 0.994. The van der Waals surface area contributed by atoms with Crippen molar-refractivity contribution in [2.45, 2.75) is 46.5 Å². The average molecular weight is 184 g/mol. The minimum Gasteiger partial charge on any atom is -0.310 e. The van der Waals surface area contributed by atoms with Crippen molar-refractivity contribution in [3.8, 4) is 6.07 Å². The smallest absolute Gasteiger partial charge is 0.310 e. The minimum atomic E-state index is 0.483. The molecule has 0 heterocycles. The van der Waals surface area contributed by atoms with Gasteiger partial charge in [-0.3, -0.25) is 0 Å². The van der Waals surface area contributed by atoms with Gasteiger partial charge in [-0.25, -0.2) is 0 Å². The molecule has 0 spiro atoms. The van der Waals surface area contributed by atoms with Crippen molar-refractivity contribution < 1.29 is 4.74 Å². The van der Waals surface area contributed by atoms with Crippen molar-refractivity contribution >= 4 is 0 Å². The molecule has 0 radical (unpaired) electrons. The Kier molecular flexibility index (Phi) is 9.13. The van der Waals surface area contributed by atoms with Gasteiger partial charge >= 0.3 is 6.73 Å². The zero-order valence-electron chi connectivity index (χ0n) is 9.18. The molecule has 0 fully saturated rings. The molecular formula is C11H22NO+. The SMILES string of the molecule is CCCCOC[N+]#CC(CC)CC. The number of hydrogen-bond acceptors (Lipinski definition) is 1. The van der Waals surface area contributed by atoms with Gasteiger partial charge in [0.1, 0.15) is 0 Å². The zero-order valence-corrected chi connectivity index (χ0v) is 9.18. The molecule has 0 bridgehead atoms. The normalized spacial score (nSPS) is 9.85. The lowest BCUT2D eigenvalue weighted by Crippen LogP contribution is -1.94. The van der Waals surface area contributed by atoms with Crippen molar-refractivity contribution in [2.75, 3.05) is 13.3 Å². The third-order valence-electron chi connectivity index (χ3n) is 2.06. The van der Waals surface area contributed by atoms with Crippen LogP contribution in [-0.4, -0.2) is 13.3 Å². The Morgan fingerprint density at radius 2 is 1.92 bits per heavy atom. The van der Waals surface area contributed by atoms with Gasteiger partial charge in [-0.1, -0.05) is 32.0 Å². The molecule has 0 N–H and O–H groups in total. The van der Waals surface area contributed by atoms with Crippen LogP contribution in [0.4, 0.5) is 0 Å². The molecule has 0 aliphatic rings. The molecule has 2 nitrogen and oxygen atoms in total. The highest BCUT2D eigenvalue weighted by atomic mass is 16.5. The monoisotopic (exact) mass is 184 g/mol. The fraction of sp³-hybridized carbons (Fsp3) is 0.909. The molecule has 0 unspecified atom stereocenters. The van der Waals surface area contributed by atoms with E-state index in [1.807, 2.05) is 0 Å². The van der Waals surface area contributed by atoms with Crippen LogP contribution in [0.2, 0.25) is 0 Å². The van der Waals surface area contributed by atoms with Gasteiger partial charge in [-0.15, -0.1) is 0 Å². The van der Waals surface area contributed by atoms with Crippen molar-refractivity contribution in [2.24, 2.45) is 5.92 Å². The van der Waals surface area contributed by atoms with E-state index in [9.17, 15) is 0 Å². The maximum absolute atomic E-state index is 5.28. The summed E-state index contributed by atoms with van der Waals surface area (Å²) >= 11 is 0. The van der Waals surface area contributed by atoms with E-state index in [4.69, 9.17) is 4.74 Å². The lowest BCUT2D eigenvalue weighted by molar-refractivity contribution is 0.157. The second kappa shape index (κ2) is 9.54. The van der Waals surface area contributed by atoms with Gasteiger partial charge in [-0.2, -0.15) is 0 Å². The summed E-state index contributed by atoms with van der Waals surface area (Å²) < 4.78 is 5.28. The Morgan fingerprint density at radius 1 is 1.23 bits per heavy atom. The summed E-state index contributed by atoms with van der Waals surface area (Å²) in [5.74, 6) is 0.509. The summed E-state index contributed by atoms with van der Waals surface area (Å²) in [6.45, 7) is 7.79. The standard InChI is InChI=1S/C11H22NO/c1-4-7-8-13-10-12-9-11(5-2)6-3/h11H,4-8,10H2,1-3H3/q+1. The van der Waals surface area contributed by atoms with Crippen LogP contribution in [0.1, 0.15) is 46.5 Å². The maximum atomic E-state index is 5.28. The minimum absolute atomic E-state index is 0.483. The molecule has 0 rings (SSSR count). The molecule has 13 heavy (non-hydrogen) atoms. The fourth-order valence-electron chi connectivity index (χ4n) is 0.994. The summed E-state index contributed by atoms with van der Waals surface area (Å²) in [6, 6.07) is 3.10. The van der Waals surface area contributed by atoms with Crippen LogP contribution >= 0.6 is 0 Å². The first kappa shape index (κ1) is 12.4. The maximum Gasteiger partial charge on any atom is 0.367 e. The summed E-state index contributed by atoms with van der Waals surface area (Å²) in [6.07, 6.45) is 4.55. The Bertz CT molecular complexity index is 153. The molecule has 0 aromatic heterocycles. The molecular weight excluding hydrogens is 162 g/mol. The molecule has 0 aromatic rings. The van der Waals surface area contributed by atoms with Gasteiger partial charge in [0.15, 0.2) is 0 Å². The van der Waals surface area contributed by atoms with E-state index in [1.54, 1.807) is 0 Å². The van der Waals surface area contributed by atoms with Crippen LogP contribution in [0, 0.1) is 12.0 Å². The number of unbranched alkanes of at least 4 members (excludes halogenated alkanes) is 1. The molecule has 0 aliphatic carbocycles. The zero-order chi connectivity index (χ0) is 9.94. The molecule has 0 atom stereocenters. The van der Waals surface area contributed by atoms with E-state index in [-0.39, 0.29) is 0 Å². The largest absolute Gasteiger partial charge is 0.367 e.